The van der Waals surface area contributed by atoms with Crippen LogP contribution in [0.4, 0.5) is 9.18 Å². The number of methoxy groups -OCH3 is 1. The number of rotatable bonds is 9. The van der Waals surface area contributed by atoms with Crippen LogP contribution in [0.3, 0.4) is 0 Å². The lowest BCUT2D eigenvalue weighted by Gasteiger charge is -2.33. The average Bonchev–Trinajstić information content (AvgIpc) is 3.65. The summed E-state index contributed by atoms with van der Waals surface area (Å²) in [6, 6.07) is 4.76. The summed E-state index contributed by atoms with van der Waals surface area (Å²) >= 11 is 0. The Morgan fingerprint density at radius 1 is 1.41 bits per heavy atom. The quantitative estimate of drug-likeness (QED) is 0.534. The first-order valence-corrected chi connectivity index (χ1v) is 11.6. The number of carbonyl (C=O) groups is 2. The van der Waals surface area contributed by atoms with Crippen molar-refractivity contribution < 1.29 is 23.5 Å². The second kappa shape index (κ2) is 10.9. The highest BCUT2D eigenvalue weighted by molar-refractivity contribution is 5.82. The summed E-state index contributed by atoms with van der Waals surface area (Å²) in [7, 11) is 1.30. The van der Waals surface area contributed by atoms with Crippen LogP contribution in [0.1, 0.15) is 37.9 Å². The summed E-state index contributed by atoms with van der Waals surface area (Å²) in [5.74, 6) is -0.633. The Kier molecular flexibility index (Phi) is 7.73. The lowest BCUT2D eigenvalue weighted by atomic mass is 10.1. The van der Waals surface area contributed by atoms with Gasteiger partial charge in [-0.2, -0.15) is 5.10 Å². The molecule has 11 heteroatoms. The van der Waals surface area contributed by atoms with E-state index in [-0.39, 0.29) is 23.3 Å². The molecule has 2 amide bonds. The van der Waals surface area contributed by atoms with Crippen molar-refractivity contribution in [1.82, 2.24) is 30.3 Å². The molecule has 2 fully saturated rings. The number of halogens is 1. The Morgan fingerprint density at radius 2 is 2.24 bits per heavy atom. The molecule has 10 nitrogen and oxygen atoms in total. The lowest BCUT2D eigenvalue weighted by Crippen LogP contribution is -2.50. The number of carbonyl (C=O) groups excluding carboxylic acids is 2. The van der Waals surface area contributed by atoms with E-state index < -0.39 is 24.1 Å². The molecule has 1 saturated heterocycles. The van der Waals surface area contributed by atoms with Gasteiger partial charge in [0.15, 0.2) is 5.82 Å². The molecule has 2 N–H and O–H groups in total. The summed E-state index contributed by atoms with van der Waals surface area (Å²) in [4.78, 5) is 30.7. The molecule has 1 aliphatic carbocycles. The number of ether oxygens (including phenoxy) is 2. The fourth-order valence-corrected chi connectivity index (χ4v) is 4.19. The first-order valence-electron chi connectivity index (χ1n) is 11.6. The monoisotopic (exact) mass is 474 g/mol. The molecule has 0 unspecified atom stereocenters. The van der Waals surface area contributed by atoms with Gasteiger partial charge in [0.25, 0.3) is 5.91 Å². The van der Waals surface area contributed by atoms with Crippen molar-refractivity contribution in [2.45, 2.75) is 50.9 Å². The third-order valence-corrected chi connectivity index (χ3v) is 6.04. The standard InChI is InChI=1S/C23H31FN6O4/c1-15(30(16-7-8-16)22(31)18-14-25-11-13-34-18)20-19(24)21(17-6-3-4-9-26-17)29(28-20)12-5-10-27-23(32)33-2/h3-4,6,9,15-16,18,25H,5,7-8,10-14H2,1-2H3,(H,27,32)/t15-,18-/m1/s1. The molecule has 1 saturated carbocycles. The van der Waals surface area contributed by atoms with Gasteiger partial charge in [-0.1, -0.05) is 6.07 Å². The zero-order valence-electron chi connectivity index (χ0n) is 19.5. The molecule has 2 atom stereocenters. The summed E-state index contributed by atoms with van der Waals surface area (Å²) in [6.07, 6.45) is 2.76. The van der Waals surface area contributed by atoms with Crippen molar-refractivity contribution >= 4 is 12.0 Å². The Bertz CT molecular complexity index is 991. The molecule has 0 aromatic carbocycles. The van der Waals surface area contributed by atoms with Crippen molar-refractivity contribution in [3.63, 3.8) is 0 Å². The van der Waals surface area contributed by atoms with Crippen molar-refractivity contribution in [1.29, 1.82) is 0 Å². The number of alkyl carbamates (subject to hydrolysis) is 1. The van der Waals surface area contributed by atoms with Crippen LogP contribution in [0.15, 0.2) is 24.4 Å². The van der Waals surface area contributed by atoms with Crippen LogP contribution >= 0.6 is 0 Å². The third-order valence-electron chi connectivity index (χ3n) is 6.04. The second-order valence-electron chi connectivity index (χ2n) is 8.47. The molecule has 0 radical (unpaired) electrons. The number of aryl methyl sites for hydroxylation is 1. The van der Waals surface area contributed by atoms with Crippen LogP contribution in [0, 0.1) is 5.82 Å². The van der Waals surface area contributed by atoms with E-state index in [2.05, 4.69) is 25.5 Å². The van der Waals surface area contributed by atoms with Gasteiger partial charge in [0, 0.05) is 38.4 Å². The zero-order chi connectivity index (χ0) is 24.1. The molecule has 2 aromatic heterocycles. The van der Waals surface area contributed by atoms with Gasteiger partial charge >= 0.3 is 6.09 Å². The van der Waals surface area contributed by atoms with Crippen LogP contribution in [0.25, 0.3) is 11.4 Å². The van der Waals surface area contributed by atoms with Gasteiger partial charge in [-0.3, -0.25) is 14.5 Å². The number of nitrogens with zero attached hydrogens (tertiary/aromatic N) is 4. The highest BCUT2D eigenvalue weighted by Crippen LogP contribution is 2.37. The fraction of sp³-hybridized carbons (Fsp3) is 0.565. The minimum Gasteiger partial charge on any atom is -0.453 e. The third kappa shape index (κ3) is 5.36. The Balaban J connectivity index is 1.60. The normalized spacial score (nSPS) is 18.9. The first kappa shape index (κ1) is 24.1. The maximum absolute atomic E-state index is 15.9. The average molecular weight is 475 g/mol. The largest absolute Gasteiger partial charge is 0.453 e. The predicted octanol–water partition coefficient (Wildman–Crippen LogP) is 1.87. The Morgan fingerprint density at radius 3 is 2.88 bits per heavy atom. The van der Waals surface area contributed by atoms with Gasteiger partial charge in [0.05, 0.1) is 25.5 Å². The summed E-state index contributed by atoms with van der Waals surface area (Å²) in [6.45, 7) is 4.13. The van der Waals surface area contributed by atoms with Gasteiger partial charge in [0.2, 0.25) is 0 Å². The molecular weight excluding hydrogens is 443 g/mol. The van der Waals surface area contributed by atoms with Crippen LogP contribution in [-0.2, 0) is 20.8 Å². The summed E-state index contributed by atoms with van der Waals surface area (Å²) in [5.41, 5.74) is 0.917. The Hall–Kier alpha value is -3.05. The minimum atomic E-state index is -0.582. The van der Waals surface area contributed by atoms with Gasteiger partial charge in [0.1, 0.15) is 17.5 Å². The van der Waals surface area contributed by atoms with Crippen molar-refractivity contribution in [3.8, 4) is 11.4 Å². The van der Waals surface area contributed by atoms with Crippen LogP contribution in [0.2, 0.25) is 0 Å². The van der Waals surface area contributed by atoms with Gasteiger partial charge in [-0.15, -0.1) is 0 Å². The molecule has 3 heterocycles. The lowest BCUT2D eigenvalue weighted by molar-refractivity contribution is -0.148. The summed E-state index contributed by atoms with van der Waals surface area (Å²) < 4.78 is 27.7. The summed E-state index contributed by atoms with van der Waals surface area (Å²) in [5, 5.41) is 10.4. The Labute approximate surface area is 197 Å². The maximum Gasteiger partial charge on any atom is 0.406 e. The predicted molar refractivity (Wildman–Crippen MR) is 121 cm³/mol. The highest BCUT2D eigenvalue weighted by atomic mass is 19.1. The van der Waals surface area contributed by atoms with E-state index in [0.29, 0.717) is 44.9 Å². The molecular formula is C23H31FN6O4. The molecule has 2 aromatic rings. The van der Waals surface area contributed by atoms with Crippen LogP contribution in [0.5, 0.6) is 0 Å². The molecule has 0 bridgehead atoms. The molecule has 2 aliphatic rings. The molecule has 4 rings (SSSR count). The van der Waals surface area contributed by atoms with E-state index >= 15 is 4.39 Å². The smallest absolute Gasteiger partial charge is 0.406 e. The van der Waals surface area contributed by atoms with E-state index in [1.807, 2.05) is 6.92 Å². The number of nitrogens with one attached hydrogen (secondary N) is 2. The first-order chi connectivity index (χ1) is 16.5. The molecule has 1 aliphatic heterocycles. The molecule has 184 valence electrons. The van der Waals surface area contributed by atoms with Crippen molar-refractivity contribution in [2.75, 3.05) is 33.4 Å². The van der Waals surface area contributed by atoms with E-state index in [1.165, 1.54) is 7.11 Å². The number of pyridine rings is 1. The van der Waals surface area contributed by atoms with Crippen LogP contribution < -0.4 is 10.6 Å². The topological polar surface area (TPSA) is 111 Å². The molecule has 34 heavy (non-hydrogen) atoms. The van der Waals surface area contributed by atoms with Crippen molar-refractivity contribution in [2.24, 2.45) is 0 Å². The van der Waals surface area contributed by atoms with Gasteiger partial charge in [-0.05, 0) is 38.3 Å². The fourth-order valence-electron chi connectivity index (χ4n) is 4.19. The number of morpholine rings is 1. The SMILES string of the molecule is COC(=O)NCCCn1nc([C@@H](C)N(C(=O)[C@H]2CNCCO2)C2CC2)c(F)c1-c1ccccn1. The van der Waals surface area contributed by atoms with Crippen molar-refractivity contribution in [3.05, 3.63) is 35.9 Å². The van der Waals surface area contributed by atoms with E-state index in [4.69, 9.17) is 4.74 Å². The minimum absolute atomic E-state index is 0.0557. The van der Waals surface area contributed by atoms with E-state index in [0.717, 1.165) is 12.8 Å². The highest BCUT2D eigenvalue weighted by Gasteiger charge is 2.42. The zero-order valence-corrected chi connectivity index (χ0v) is 19.5. The van der Waals surface area contributed by atoms with Gasteiger partial charge in [-0.25, -0.2) is 9.18 Å². The number of hydrogen-bond donors (Lipinski definition) is 2. The number of aromatic nitrogens is 3. The maximum atomic E-state index is 15.9. The number of amides is 2. The van der Waals surface area contributed by atoms with Gasteiger partial charge < -0.3 is 25.0 Å². The number of hydrogen-bond acceptors (Lipinski definition) is 7. The van der Waals surface area contributed by atoms with Crippen LogP contribution in [-0.4, -0.2) is 77.2 Å². The van der Waals surface area contributed by atoms with E-state index in [1.54, 1.807) is 34.0 Å². The molecule has 0 spiro atoms. The van der Waals surface area contributed by atoms with E-state index in [9.17, 15) is 9.59 Å². The second-order valence-corrected chi connectivity index (χ2v) is 8.47.